The quantitative estimate of drug-likeness (QED) is 0.479. The molecule has 0 saturated carbocycles. The van der Waals surface area contributed by atoms with E-state index in [9.17, 15) is 14.9 Å². The summed E-state index contributed by atoms with van der Waals surface area (Å²) < 4.78 is 4.71. The second kappa shape index (κ2) is 7.48. The lowest BCUT2D eigenvalue weighted by Crippen LogP contribution is -2.46. The van der Waals surface area contributed by atoms with Crippen LogP contribution in [-0.2, 0) is 11.3 Å². The lowest BCUT2D eigenvalue weighted by atomic mass is 10.1. The van der Waals surface area contributed by atoms with Crippen molar-refractivity contribution < 1.29 is 14.5 Å². The van der Waals surface area contributed by atoms with Crippen LogP contribution in [0.4, 0.5) is 11.4 Å². The zero-order valence-corrected chi connectivity index (χ0v) is 14.6. The van der Waals surface area contributed by atoms with E-state index in [1.54, 1.807) is 0 Å². The lowest BCUT2D eigenvalue weighted by Gasteiger charge is -2.35. The monoisotopic (exact) mass is 360 g/mol. The van der Waals surface area contributed by atoms with Gasteiger partial charge >= 0.3 is 5.97 Å². The van der Waals surface area contributed by atoms with Crippen LogP contribution >= 0.6 is 0 Å². The Morgan fingerprint density at radius 2 is 2.08 bits per heavy atom. The van der Waals surface area contributed by atoms with Crippen molar-refractivity contribution >= 4 is 17.3 Å². The number of aryl methyl sites for hydroxylation is 1. The second-order valence-electron chi connectivity index (χ2n) is 6.05. The third-order valence-corrected chi connectivity index (χ3v) is 4.31. The van der Waals surface area contributed by atoms with E-state index in [1.165, 1.54) is 25.3 Å². The molecular formula is C16H20N6O4. The molecule has 1 aliphatic heterocycles. The van der Waals surface area contributed by atoms with E-state index in [4.69, 9.17) is 4.74 Å². The molecule has 1 aliphatic rings. The number of aromatic amines is 1. The summed E-state index contributed by atoms with van der Waals surface area (Å²) >= 11 is 0. The van der Waals surface area contributed by atoms with Crippen LogP contribution in [0, 0.1) is 17.0 Å². The van der Waals surface area contributed by atoms with Crippen molar-refractivity contribution in [1.29, 1.82) is 0 Å². The first-order valence-electron chi connectivity index (χ1n) is 8.20. The van der Waals surface area contributed by atoms with Gasteiger partial charge in [0.25, 0.3) is 5.69 Å². The standard InChI is InChI=1S/C16H20N6O4/c1-11-17-15(19-18-11)10-20-5-7-21(8-6-20)14-9-12(16(23)26-2)3-4-13(14)22(24)25/h3-4,9H,5-8,10H2,1-2H3,(H,17,18,19). The topological polar surface area (TPSA) is 117 Å². The van der Waals surface area contributed by atoms with Crippen molar-refractivity contribution in [2.45, 2.75) is 13.5 Å². The van der Waals surface area contributed by atoms with Crippen molar-refractivity contribution in [3.05, 3.63) is 45.5 Å². The van der Waals surface area contributed by atoms with E-state index in [2.05, 4.69) is 20.1 Å². The summed E-state index contributed by atoms with van der Waals surface area (Å²) in [5, 5.41) is 18.3. The molecule has 1 fully saturated rings. The minimum Gasteiger partial charge on any atom is -0.465 e. The molecule has 0 radical (unpaired) electrons. The van der Waals surface area contributed by atoms with Crippen molar-refractivity contribution in [1.82, 2.24) is 20.1 Å². The average Bonchev–Trinajstić information content (AvgIpc) is 3.05. The van der Waals surface area contributed by atoms with Gasteiger partial charge in [-0.15, -0.1) is 0 Å². The number of ether oxygens (including phenoxy) is 1. The number of rotatable bonds is 5. The molecule has 10 heteroatoms. The molecule has 1 aromatic carbocycles. The minimum atomic E-state index is -0.514. The summed E-state index contributed by atoms with van der Waals surface area (Å²) in [6, 6.07) is 4.29. The van der Waals surface area contributed by atoms with Crippen LogP contribution in [-0.4, -0.2) is 64.3 Å². The molecule has 2 heterocycles. The number of esters is 1. The second-order valence-corrected chi connectivity index (χ2v) is 6.05. The van der Waals surface area contributed by atoms with Crippen LogP contribution in [0.2, 0.25) is 0 Å². The Bertz CT molecular complexity index is 813. The SMILES string of the molecule is COC(=O)c1ccc([N+](=O)[O-])c(N2CCN(Cc3n[nH]c(C)n3)CC2)c1. The van der Waals surface area contributed by atoms with Gasteiger partial charge in [-0.05, 0) is 19.1 Å². The zero-order valence-electron chi connectivity index (χ0n) is 14.6. The molecule has 0 atom stereocenters. The highest BCUT2D eigenvalue weighted by Crippen LogP contribution is 2.30. The van der Waals surface area contributed by atoms with Crippen LogP contribution in [0.1, 0.15) is 22.0 Å². The third kappa shape index (κ3) is 3.80. The molecule has 3 rings (SSSR count). The number of methoxy groups -OCH3 is 1. The summed E-state index contributed by atoms with van der Waals surface area (Å²) in [5.41, 5.74) is 0.716. The van der Waals surface area contributed by atoms with Crippen LogP contribution in [0.15, 0.2) is 18.2 Å². The summed E-state index contributed by atoms with van der Waals surface area (Å²) in [4.78, 5) is 31.1. The number of benzene rings is 1. The van der Waals surface area contributed by atoms with E-state index < -0.39 is 10.9 Å². The predicted molar refractivity (Wildman–Crippen MR) is 93.0 cm³/mol. The molecule has 2 aromatic rings. The van der Waals surface area contributed by atoms with Crippen molar-refractivity contribution in [3.63, 3.8) is 0 Å². The fourth-order valence-corrected chi connectivity index (χ4v) is 2.98. The highest BCUT2D eigenvalue weighted by molar-refractivity contribution is 5.91. The molecule has 0 spiro atoms. The summed E-state index contributed by atoms with van der Waals surface area (Å²) in [7, 11) is 1.28. The molecule has 26 heavy (non-hydrogen) atoms. The number of carbonyl (C=O) groups is 1. The first-order valence-corrected chi connectivity index (χ1v) is 8.20. The normalized spacial score (nSPS) is 15.1. The average molecular weight is 360 g/mol. The van der Waals surface area contributed by atoms with E-state index in [-0.39, 0.29) is 5.69 Å². The Hall–Kier alpha value is -3.01. The van der Waals surface area contributed by atoms with Gasteiger partial charge < -0.3 is 9.64 Å². The van der Waals surface area contributed by atoms with Crippen molar-refractivity contribution in [3.8, 4) is 0 Å². The Kier molecular flexibility index (Phi) is 5.12. The van der Waals surface area contributed by atoms with Gasteiger partial charge in [-0.3, -0.25) is 20.1 Å². The number of piperazine rings is 1. The van der Waals surface area contributed by atoms with E-state index in [0.717, 1.165) is 11.6 Å². The number of hydrogen-bond acceptors (Lipinski definition) is 8. The summed E-state index contributed by atoms with van der Waals surface area (Å²) in [6.07, 6.45) is 0. The van der Waals surface area contributed by atoms with Gasteiger partial charge in [0.2, 0.25) is 0 Å². The van der Waals surface area contributed by atoms with E-state index >= 15 is 0 Å². The number of anilines is 1. The molecule has 138 valence electrons. The summed E-state index contributed by atoms with van der Waals surface area (Å²) in [5.74, 6) is 0.989. The molecule has 10 nitrogen and oxygen atoms in total. The first-order chi connectivity index (χ1) is 12.5. The number of H-pyrrole nitrogens is 1. The number of nitro benzene ring substituents is 1. The number of nitro groups is 1. The predicted octanol–water partition coefficient (Wildman–Crippen LogP) is 1.13. The van der Waals surface area contributed by atoms with E-state index in [1.807, 2.05) is 11.8 Å². The van der Waals surface area contributed by atoms with Crippen molar-refractivity contribution in [2.24, 2.45) is 0 Å². The van der Waals surface area contributed by atoms with Crippen LogP contribution in [0.5, 0.6) is 0 Å². The zero-order chi connectivity index (χ0) is 18.7. The van der Waals surface area contributed by atoms with Gasteiger partial charge in [0, 0.05) is 32.2 Å². The Balaban J connectivity index is 1.73. The lowest BCUT2D eigenvalue weighted by molar-refractivity contribution is -0.384. The largest absolute Gasteiger partial charge is 0.465 e. The molecule has 1 aromatic heterocycles. The maximum absolute atomic E-state index is 11.8. The first kappa shape index (κ1) is 17.8. The maximum Gasteiger partial charge on any atom is 0.337 e. The molecule has 0 amide bonds. The molecule has 1 saturated heterocycles. The van der Waals surface area contributed by atoms with Gasteiger partial charge in [0.15, 0.2) is 5.82 Å². The van der Waals surface area contributed by atoms with Crippen LogP contribution in [0.25, 0.3) is 0 Å². The molecule has 1 N–H and O–H groups in total. The number of nitrogens with one attached hydrogen (secondary N) is 1. The number of nitrogens with zero attached hydrogens (tertiary/aromatic N) is 5. The molecule has 0 unspecified atom stereocenters. The maximum atomic E-state index is 11.8. The molecule has 0 bridgehead atoms. The van der Waals surface area contributed by atoms with Crippen LogP contribution in [0.3, 0.4) is 0 Å². The fourth-order valence-electron chi connectivity index (χ4n) is 2.98. The third-order valence-electron chi connectivity index (χ3n) is 4.31. The minimum absolute atomic E-state index is 0.0179. The Morgan fingerprint density at radius 3 is 2.65 bits per heavy atom. The van der Waals surface area contributed by atoms with E-state index in [0.29, 0.717) is 44.0 Å². The number of hydrogen-bond donors (Lipinski definition) is 1. The number of aromatic nitrogens is 3. The van der Waals surface area contributed by atoms with Gasteiger partial charge in [0.1, 0.15) is 11.5 Å². The highest BCUT2D eigenvalue weighted by Gasteiger charge is 2.25. The highest BCUT2D eigenvalue weighted by atomic mass is 16.6. The Morgan fingerprint density at radius 1 is 1.35 bits per heavy atom. The number of carbonyl (C=O) groups excluding carboxylic acids is 1. The van der Waals surface area contributed by atoms with Gasteiger partial charge in [-0.2, -0.15) is 5.10 Å². The van der Waals surface area contributed by atoms with Gasteiger partial charge in [0.05, 0.1) is 24.1 Å². The molecule has 0 aliphatic carbocycles. The van der Waals surface area contributed by atoms with Gasteiger partial charge in [-0.1, -0.05) is 0 Å². The summed E-state index contributed by atoms with van der Waals surface area (Å²) in [6.45, 7) is 5.12. The smallest absolute Gasteiger partial charge is 0.337 e. The van der Waals surface area contributed by atoms with Crippen molar-refractivity contribution in [2.75, 3.05) is 38.2 Å². The Labute approximate surface area is 149 Å². The van der Waals surface area contributed by atoms with Gasteiger partial charge in [-0.25, -0.2) is 9.78 Å². The molecular weight excluding hydrogens is 340 g/mol. The van der Waals surface area contributed by atoms with Crippen LogP contribution < -0.4 is 4.90 Å². The fraction of sp³-hybridized carbons (Fsp3) is 0.438.